The molecule has 0 bridgehead atoms. The zero-order valence-corrected chi connectivity index (χ0v) is 10.1. The van der Waals surface area contributed by atoms with Gasteiger partial charge in [-0.15, -0.1) is 0 Å². The third-order valence-corrected chi connectivity index (χ3v) is 2.40. The van der Waals surface area contributed by atoms with Gasteiger partial charge in [0.1, 0.15) is 0 Å². The van der Waals surface area contributed by atoms with E-state index in [1.807, 2.05) is 25.2 Å². The van der Waals surface area contributed by atoms with E-state index in [0.717, 1.165) is 17.8 Å². The topological polar surface area (TPSA) is 4.93 Å². The van der Waals surface area contributed by atoms with Gasteiger partial charge in [-0.05, 0) is 37.1 Å². The molecule has 0 saturated carbocycles. The second kappa shape index (κ2) is 5.96. The number of nitrogens with zero attached hydrogens (tertiary/aromatic N) is 1. The lowest BCUT2D eigenvalue weighted by Crippen LogP contribution is -1.95. The molecule has 0 amide bonds. The SMILES string of the molecule is C=C/C(=C\CC)n1ccc(/C=C\C)c1C=C. The van der Waals surface area contributed by atoms with Crippen molar-refractivity contribution in [3.63, 3.8) is 0 Å². The number of hydrogen-bond acceptors (Lipinski definition) is 0. The first-order chi connectivity index (χ1) is 7.78. The van der Waals surface area contributed by atoms with Gasteiger partial charge >= 0.3 is 0 Å². The van der Waals surface area contributed by atoms with E-state index >= 15 is 0 Å². The molecule has 0 aromatic carbocycles. The first-order valence-corrected chi connectivity index (χ1v) is 5.57. The van der Waals surface area contributed by atoms with Crippen LogP contribution in [0, 0.1) is 0 Å². The molecule has 0 fully saturated rings. The van der Waals surface area contributed by atoms with Gasteiger partial charge in [-0.3, -0.25) is 0 Å². The summed E-state index contributed by atoms with van der Waals surface area (Å²) in [7, 11) is 0. The monoisotopic (exact) mass is 213 g/mol. The van der Waals surface area contributed by atoms with Crippen LogP contribution in [0.2, 0.25) is 0 Å². The van der Waals surface area contributed by atoms with Crippen molar-refractivity contribution >= 4 is 17.8 Å². The molecule has 1 heterocycles. The van der Waals surface area contributed by atoms with Crippen LogP contribution >= 0.6 is 0 Å². The van der Waals surface area contributed by atoms with E-state index in [-0.39, 0.29) is 0 Å². The van der Waals surface area contributed by atoms with Crippen LogP contribution in [0.5, 0.6) is 0 Å². The fourth-order valence-electron chi connectivity index (χ4n) is 1.71. The van der Waals surface area contributed by atoms with Crippen molar-refractivity contribution in [2.24, 2.45) is 0 Å². The minimum Gasteiger partial charge on any atom is -0.317 e. The van der Waals surface area contributed by atoms with E-state index in [0.29, 0.717) is 0 Å². The first kappa shape index (κ1) is 12.3. The minimum atomic E-state index is 0.995. The molecule has 0 aliphatic rings. The highest BCUT2D eigenvalue weighted by molar-refractivity contribution is 5.69. The molecule has 1 heteroatoms. The van der Waals surface area contributed by atoms with Crippen molar-refractivity contribution < 1.29 is 0 Å². The van der Waals surface area contributed by atoms with E-state index < -0.39 is 0 Å². The van der Waals surface area contributed by atoms with Crippen molar-refractivity contribution in [2.75, 3.05) is 0 Å². The summed E-state index contributed by atoms with van der Waals surface area (Å²) in [5.74, 6) is 0. The normalized spacial score (nSPS) is 12.0. The van der Waals surface area contributed by atoms with Crippen molar-refractivity contribution in [3.05, 3.63) is 54.9 Å². The molecule has 84 valence electrons. The Bertz CT molecular complexity index is 430. The quantitative estimate of drug-likeness (QED) is 0.630. The van der Waals surface area contributed by atoms with Crippen LogP contribution in [-0.4, -0.2) is 4.57 Å². The summed E-state index contributed by atoms with van der Waals surface area (Å²) in [4.78, 5) is 0. The lowest BCUT2D eigenvalue weighted by molar-refractivity contribution is 1.08. The average molecular weight is 213 g/mol. The molecular formula is C15H19N. The van der Waals surface area contributed by atoms with Crippen LogP contribution in [0.3, 0.4) is 0 Å². The standard InChI is InChI=1S/C15H19N/c1-5-9-13-11-12-16(15(13)8-4)14(7-3)10-6-2/h5,7-12H,3-4,6H2,1-2H3/b9-5-,14-10+. The molecule has 0 saturated heterocycles. The Morgan fingerprint density at radius 1 is 1.44 bits per heavy atom. The second-order valence-electron chi connectivity index (χ2n) is 3.47. The maximum atomic E-state index is 3.87. The summed E-state index contributed by atoms with van der Waals surface area (Å²) in [5, 5.41) is 0. The van der Waals surface area contributed by atoms with Gasteiger partial charge in [0.2, 0.25) is 0 Å². The predicted octanol–water partition coefficient (Wildman–Crippen LogP) is 4.60. The van der Waals surface area contributed by atoms with Gasteiger partial charge in [-0.25, -0.2) is 0 Å². The summed E-state index contributed by atoms with van der Waals surface area (Å²) >= 11 is 0. The molecule has 1 nitrogen and oxygen atoms in total. The average Bonchev–Trinajstić information content (AvgIpc) is 2.69. The van der Waals surface area contributed by atoms with Crippen molar-refractivity contribution in [2.45, 2.75) is 20.3 Å². The van der Waals surface area contributed by atoms with E-state index in [9.17, 15) is 0 Å². The highest BCUT2D eigenvalue weighted by atomic mass is 15.0. The van der Waals surface area contributed by atoms with Crippen LogP contribution in [0.4, 0.5) is 0 Å². The van der Waals surface area contributed by atoms with Crippen LogP contribution in [-0.2, 0) is 0 Å². The third kappa shape index (κ3) is 2.43. The predicted molar refractivity (Wildman–Crippen MR) is 74.0 cm³/mol. The summed E-state index contributed by atoms with van der Waals surface area (Å²) < 4.78 is 2.11. The maximum Gasteiger partial charge on any atom is 0.0522 e. The Labute approximate surface area is 98.1 Å². The van der Waals surface area contributed by atoms with Gasteiger partial charge in [0, 0.05) is 11.9 Å². The number of rotatable bonds is 5. The zero-order valence-electron chi connectivity index (χ0n) is 10.1. The molecule has 0 atom stereocenters. The number of aromatic nitrogens is 1. The fraction of sp³-hybridized carbons (Fsp3) is 0.200. The Morgan fingerprint density at radius 2 is 2.19 bits per heavy atom. The Morgan fingerprint density at radius 3 is 2.69 bits per heavy atom. The summed E-state index contributed by atoms with van der Waals surface area (Å²) in [6.07, 6.45) is 13.1. The van der Waals surface area contributed by atoms with Crippen molar-refractivity contribution in [1.29, 1.82) is 0 Å². The van der Waals surface area contributed by atoms with E-state index in [1.165, 1.54) is 5.56 Å². The van der Waals surface area contributed by atoms with Crippen LogP contribution in [0.1, 0.15) is 31.5 Å². The lowest BCUT2D eigenvalue weighted by Gasteiger charge is -2.07. The van der Waals surface area contributed by atoms with Crippen molar-refractivity contribution in [3.8, 4) is 0 Å². The number of allylic oxidation sites excluding steroid dienone is 4. The van der Waals surface area contributed by atoms with E-state index in [2.05, 4.69) is 49.1 Å². The largest absolute Gasteiger partial charge is 0.317 e. The van der Waals surface area contributed by atoms with Crippen molar-refractivity contribution in [1.82, 2.24) is 4.57 Å². The van der Waals surface area contributed by atoms with Gasteiger partial charge in [0.15, 0.2) is 0 Å². The fourth-order valence-corrected chi connectivity index (χ4v) is 1.71. The molecule has 0 N–H and O–H groups in total. The second-order valence-corrected chi connectivity index (χ2v) is 3.47. The molecule has 0 spiro atoms. The van der Waals surface area contributed by atoms with Crippen LogP contribution in [0.15, 0.2) is 43.6 Å². The van der Waals surface area contributed by atoms with Gasteiger partial charge in [0.25, 0.3) is 0 Å². The third-order valence-electron chi connectivity index (χ3n) is 2.40. The minimum absolute atomic E-state index is 0.995. The Kier molecular flexibility index (Phi) is 4.59. The smallest absolute Gasteiger partial charge is 0.0522 e. The molecule has 0 aliphatic heterocycles. The molecule has 0 unspecified atom stereocenters. The molecule has 0 aliphatic carbocycles. The van der Waals surface area contributed by atoms with Crippen LogP contribution in [0.25, 0.3) is 17.8 Å². The molecule has 1 aromatic rings. The Balaban J connectivity index is 3.28. The van der Waals surface area contributed by atoms with Gasteiger partial charge < -0.3 is 4.57 Å². The molecular weight excluding hydrogens is 194 g/mol. The summed E-state index contributed by atoms with van der Waals surface area (Å²) in [5.41, 5.74) is 3.40. The summed E-state index contributed by atoms with van der Waals surface area (Å²) in [6.45, 7) is 11.8. The maximum absolute atomic E-state index is 3.87. The first-order valence-electron chi connectivity index (χ1n) is 5.57. The van der Waals surface area contributed by atoms with Gasteiger partial charge in [0.05, 0.1) is 5.69 Å². The molecule has 1 rings (SSSR count). The number of hydrogen-bond donors (Lipinski definition) is 0. The molecule has 1 aromatic heterocycles. The Hall–Kier alpha value is -1.76. The van der Waals surface area contributed by atoms with E-state index in [4.69, 9.17) is 0 Å². The highest BCUT2D eigenvalue weighted by Crippen LogP contribution is 2.20. The summed E-state index contributed by atoms with van der Waals surface area (Å²) in [6, 6.07) is 2.09. The van der Waals surface area contributed by atoms with E-state index in [1.54, 1.807) is 0 Å². The zero-order chi connectivity index (χ0) is 12.0. The molecule has 0 radical (unpaired) electrons. The van der Waals surface area contributed by atoms with Crippen LogP contribution < -0.4 is 0 Å². The lowest BCUT2D eigenvalue weighted by atomic mass is 10.2. The highest BCUT2D eigenvalue weighted by Gasteiger charge is 2.04. The van der Waals surface area contributed by atoms with Gasteiger partial charge in [-0.1, -0.05) is 38.3 Å². The van der Waals surface area contributed by atoms with Gasteiger partial charge in [-0.2, -0.15) is 0 Å². The molecule has 16 heavy (non-hydrogen) atoms.